The highest BCUT2D eigenvalue weighted by Crippen LogP contribution is 2.20. The van der Waals surface area contributed by atoms with E-state index in [1.54, 1.807) is 7.11 Å². The van der Waals surface area contributed by atoms with Gasteiger partial charge in [0.05, 0.1) is 13.2 Å². The van der Waals surface area contributed by atoms with Gasteiger partial charge >= 0.3 is 0 Å². The molecule has 0 aromatic heterocycles. The van der Waals surface area contributed by atoms with Crippen molar-refractivity contribution in [1.82, 2.24) is 4.90 Å². The van der Waals surface area contributed by atoms with Crippen LogP contribution in [0.1, 0.15) is 32.3 Å². The van der Waals surface area contributed by atoms with Gasteiger partial charge in [0.2, 0.25) is 0 Å². The Labute approximate surface area is 117 Å². The summed E-state index contributed by atoms with van der Waals surface area (Å²) in [7, 11) is 3.77. The molecule has 0 amide bonds. The monoisotopic (exact) mass is 265 g/mol. The summed E-state index contributed by atoms with van der Waals surface area (Å²) in [6.45, 7) is 5.01. The van der Waals surface area contributed by atoms with E-state index in [1.165, 1.54) is 5.56 Å². The molecule has 0 heterocycles. The summed E-state index contributed by atoms with van der Waals surface area (Å²) in [4.78, 5) is 2.22. The lowest BCUT2D eigenvalue weighted by atomic mass is 10.0. The Morgan fingerprint density at radius 2 is 2.00 bits per heavy atom. The van der Waals surface area contributed by atoms with E-state index in [4.69, 9.17) is 4.74 Å². The lowest BCUT2D eigenvalue weighted by Crippen LogP contribution is -2.37. The van der Waals surface area contributed by atoms with Gasteiger partial charge in [-0.3, -0.25) is 0 Å². The number of para-hydroxylation sites is 1. The SMILES string of the molecule is CCCC(O)CN(C)C(C)Cc1ccccc1OC. The molecule has 0 aliphatic rings. The quantitative estimate of drug-likeness (QED) is 0.784. The van der Waals surface area contributed by atoms with Gasteiger partial charge in [-0.1, -0.05) is 31.5 Å². The van der Waals surface area contributed by atoms with Crippen LogP contribution >= 0.6 is 0 Å². The van der Waals surface area contributed by atoms with Gasteiger partial charge in [0.25, 0.3) is 0 Å². The number of likely N-dealkylation sites (N-methyl/N-ethyl adjacent to an activating group) is 1. The third kappa shape index (κ3) is 5.21. The Morgan fingerprint density at radius 3 is 2.63 bits per heavy atom. The minimum absolute atomic E-state index is 0.227. The second kappa shape index (κ2) is 8.18. The first-order valence-electron chi connectivity index (χ1n) is 7.08. The number of hydrogen-bond donors (Lipinski definition) is 1. The number of nitrogens with zero attached hydrogens (tertiary/aromatic N) is 1. The number of hydrogen-bond acceptors (Lipinski definition) is 3. The van der Waals surface area contributed by atoms with Crippen LogP contribution < -0.4 is 4.74 Å². The predicted octanol–water partition coefficient (Wildman–Crippen LogP) is 2.72. The maximum absolute atomic E-state index is 9.87. The smallest absolute Gasteiger partial charge is 0.122 e. The fraction of sp³-hybridized carbons (Fsp3) is 0.625. The van der Waals surface area contributed by atoms with Crippen LogP contribution in [0.4, 0.5) is 0 Å². The molecule has 0 spiro atoms. The van der Waals surface area contributed by atoms with Crippen LogP contribution in [0.15, 0.2) is 24.3 Å². The Balaban J connectivity index is 2.55. The first kappa shape index (κ1) is 16.0. The van der Waals surface area contributed by atoms with Crippen molar-refractivity contribution in [3.63, 3.8) is 0 Å². The molecular formula is C16H27NO2. The zero-order chi connectivity index (χ0) is 14.3. The number of aliphatic hydroxyl groups is 1. The minimum atomic E-state index is -0.227. The molecule has 0 aliphatic heterocycles. The van der Waals surface area contributed by atoms with Crippen molar-refractivity contribution >= 4 is 0 Å². The Morgan fingerprint density at radius 1 is 1.32 bits per heavy atom. The molecule has 1 aromatic rings. The number of aliphatic hydroxyl groups excluding tert-OH is 1. The second-order valence-corrected chi connectivity index (χ2v) is 5.25. The Bertz CT molecular complexity index is 368. The molecule has 0 saturated carbocycles. The highest BCUT2D eigenvalue weighted by molar-refractivity contribution is 5.33. The summed E-state index contributed by atoms with van der Waals surface area (Å²) in [5, 5.41) is 9.87. The molecule has 3 heteroatoms. The van der Waals surface area contributed by atoms with Crippen molar-refractivity contribution in [2.24, 2.45) is 0 Å². The van der Waals surface area contributed by atoms with Crippen molar-refractivity contribution in [2.45, 2.75) is 45.3 Å². The molecule has 0 bridgehead atoms. The topological polar surface area (TPSA) is 32.7 Å². The fourth-order valence-electron chi connectivity index (χ4n) is 2.28. The van der Waals surface area contributed by atoms with E-state index in [2.05, 4.69) is 31.9 Å². The van der Waals surface area contributed by atoms with Gasteiger partial charge in [-0.05, 0) is 38.4 Å². The van der Waals surface area contributed by atoms with Crippen LogP contribution in [0, 0.1) is 0 Å². The van der Waals surface area contributed by atoms with E-state index in [9.17, 15) is 5.11 Å². The molecule has 1 N–H and O–H groups in total. The normalized spacial score (nSPS) is 14.4. The summed E-state index contributed by atoms with van der Waals surface area (Å²) in [6.07, 6.45) is 2.59. The van der Waals surface area contributed by atoms with E-state index in [0.29, 0.717) is 6.04 Å². The average Bonchev–Trinajstić information content (AvgIpc) is 2.39. The minimum Gasteiger partial charge on any atom is -0.496 e. The van der Waals surface area contributed by atoms with Crippen LogP contribution in [-0.4, -0.2) is 42.9 Å². The molecule has 2 unspecified atom stereocenters. The largest absolute Gasteiger partial charge is 0.496 e. The summed E-state index contributed by atoms with van der Waals surface area (Å²) in [5.74, 6) is 0.942. The molecular weight excluding hydrogens is 238 g/mol. The number of methoxy groups -OCH3 is 1. The summed E-state index contributed by atoms with van der Waals surface area (Å²) < 4.78 is 5.38. The molecule has 19 heavy (non-hydrogen) atoms. The van der Waals surface area contributed by atoms with Gasteiger partial charge < -0.3 is 14.7 Å². The Kier molecular flexibility index (Phi) is 6.89. The molecule has 0 fully saturated rings. The van der Waals surface area contributed by atoms with Gasteiger partial charge in [0.1, 0.15) is 5.75 Å². The zero-order valence-corrected chi connectivity index (χ0v) is 12.6. The van der Waals surface area contributed by atoms with Crippen LogP contribution in [0.3, 0.4) is 0 Å². The van der Waals surface area contributed by atoms with Gasteiger partial charge in [0.15, 0.2) is 0 Å². The van der Waals surface area contributed by atoms with Crippen molar-refractivity contribution in [2.75, 3.05) is 20.7 Å². The number of benzene rings is 1. The summed E-state index contributed by atoms with van der Waals surface area (Å²) >= 11 is 0. The van der Waals surface area contributed by atoms with Crippen LogP contribution in [0.25, 0.3) is 0 Å². The van der Waals surface area contributed by atoms with Gasteiger partial charge in [-0.15, -0.1) is 0 Å². The van der Waals surface area contributed by atoms with Crippen LogP contribution in [0.5, 0.6) is 5.75 Å². The van der Waals surface area contributed by atoms with Crippen LogP contribution in [0.2, 0.25) is 0 Å². The van der Waals surface area contributed by atoms with Crippen molar-refractivity contribution in [3.05, 3.63) is 29.8 Å². The molecule has 3 nitrogen and oxygen atoms in total. The zero-order valence-electron chi connectivity index (χ0n) is 12.6. The van der Waals surface area contributed by atoms with E-state index in [-0.39, 0.29) is 6.10 Å². The maximum atomic E-state index is 9.87. The number of ether oxygens (including phenoxy) is 1. The van der Waals surface area contributed by atoms with Crippen molar-refractivity contribution in [1.29, 1.82) is 0 Å². The van der Waals surface area contributed by atoms with E-state index in [1.807, 2.05) is 18.2 Å². The second-order valence-electron chi connectivity index (χ2n) is 5.25. The highest BCUT2D eigenvalue weighted by Gasteiger charge is 2.15. The summed E-state index contributed by atoms with van der Waals surface area (Å²) in [5.41, 5.74) is 1.22. The standard InChI is InChI=1S/C16H27NO2/c1-5-8-15(18)12-17(3)13(2)11-14-9-6-7-10-16(14)19-4/h6-7,9-10,13,15,18H,5,8,11-12H2,1-4H3. The predicted molar refractivity (Wildman–Crippen MR) is 79.7 cm³/mol. The molecule has 1 aromatic carbocycles. The third-order valence-electron chi connectivity index (χ3n) is 3.58. The van der Waals surface area contributed by atoms with Gasteiger partial charge in [0, 0.05) is 12.6 Å². The first-order chi connectivity index (χ1) is 9.08. The van der Waals surface area contributed by atoms with Crippen molar-refractivity contribution in [3.8, 4) is 5.75 Å². The molecule has 0 radical (unpaired) electrons. The average molecular weight is 265 g/mol. The third-order valence-corrected chi connectivity index (χ3v) is 3.58. The Hall–Kier alpha value is -1.06. The molecule has 0 aliphatic carbocycles. The lowest BCUT2D eigenvalue weighted by Gasteiger charge is -2.27. The van der Waals surface area contributed by atoms with Gasteiger partial charge in [-0.2, -0.15) is 0 Å². The molecule has 2 atom stereocenters. The lowest BCUT2D eigenvalue weighted by molar-refractivity contribution is 0.100. The molecule has 1 rings (SSSR count). The van der Waals surface area contributed by atoms with Crippen molar-refractivity contribution < 1.29 is 9.84 Å². The van der Waals surface area contributed by atoms with Crippen LogP contribution in [-0.2, 0) is 6.42 Å². The van der Waals surface area contributed by atoms with Gasteiger partial charge in [-0.25, -0.2) is 0 Å². The van der Waals surface area contributed by atoms with E-state index >= 15 is 0 Å². The number of rotatable bonds is 8. The first-order valence-corrected chi connectivity index (χ1v) is 7.08. The molecule has 0 saturated heterocycles. The molecule has 108 valence electrons. The fourth-order valence-corrected chi connectivity index (χ4v) is 2.28. The van der Waals surface area contributed by atoms with E-state index in [0.717, 1.165) is 31.6 Å². The maximum Gasteiger partial charge on any atom is 0.122 e. The summed E-state index contributed by atoms with van der Waals surface area (Å²) in [6, 6.07) is 8.50. The van der Waals surface area contributed by atoms with E-state index < -0.39 is 0 Å². The highest BCUT2D eigenvalue weighted by atomic mass is 16.5.